The molecule has 0 radical (unpaired) electrons. The number of nitrogens with zero attached hydrogens (tertiary/aromatic N) is 1. The molecule has 0 fully saturated rings. The molecule has 2 aromatic heterocycles. The third-order valence-electron chi connectivity index (χ3n) is 11.8. The molecule has 0 bridgehead atoms. The number of anilines is 3. The Balaban J connectivity index is 1.15. The quantitative estimate of drug-likeness (QED) is 0.169. The van der Waals surface area contributed by atoms with E-state index in [2.05, 4.69) is 211 Å². The van der Waals surface area contributed by atoms with Gasteiger partial charge in [0, 0.05) is 32.8 Å². The molecule has 3 heteroatoms. The molecule has 0 aliphatic rings. The summed E-state index contributed by atoms with van der Waals surface area (Å²) >= 11 is 0. The summed E-state index contributed by atoms with van der Waals surface area (Å²) in [6.45, 7) is 0. The minimum absolute atomic E-state index is 0.811. The molecule has 59 heavy (non-hydrogen) atoms. The molecule has 276 valence electrons. The van der Waals surface area contributed by atoms with E-state index in [1.807, 2.05) is 6.07 Å². The first-order valence-electron chi connectivity index (χ1n) is 20.1. The summed E-state index contributed by atoms with van der Waals surface area (Å²) in [5, 5.41) is 8.99. The molecular weight excluding hydrogens is 719 g/mol. The van der Waals surface area contributed by atoms with Crippen LogP contribution in [0.5, 0.6) is 0 Å². The molecule has 0 aliphatic heterocycles. The lowest BCUT2D eigenvalue weighted by molar-refractivity contribution is 0.667. The van der Waals surface area contributed by atoms with E-state index < -0.39 is 0 Å². The minimum Gasteiger partial charge on any atom is -0.454 e. The van der Waals surface area contributed by atoms with E-state index in [4.69, 9.17) is 8.83 Å². The molecule has 0 saturated heterocycles. The van der Waals surface area contributed by atoms with Crippen molar-refractivity contribution in [2.24, 2.45) is 0 Å². The van der Waals surface area contributed by atoms with Crippen LogP contribution in [0, 0.1) is 0 Å². The first-order chi connectivity index (χ1) is 29.3. The third-order valence-corrected chi connectivity index (χ3v) is 11.8. The zero-order chi connectivity index (χ0) is 38.9. The second-order valence-electron chi connectivity index (χ2n) is 15.2. The number of benzene rings is 10. The molecule has 0 aliphatic carbocycles. The van der Waals surface area contributed by atoms with Crippen LogP contribution in [0.15, 0.2) is 221 Å². The van der Waals surface area contributed by atoms with Crippen molar-refractivity contribution in [3.8, 4) is 33.4 Å². The van der Waals surface area contributed by atoms with Gasteiger partial charge in [0.2, 0.25) is 0 Å². The van der Waals surface area contributed by atoms with E-state index in [-0.39, 0.29) is 0 Å². The van der Waals surface area contributed by atoms with E-state index in [0.717, 1.165) is 99.4 Å². The molecule has 0 saturated carbocycles. The summed E-state index contributed by atoms with van der Waals surface area (Å²) in [6, 6.07) is 75.4. The lowest BCUT2D eigenvalue weighted by Crippen LogP contribution is -2.11. The van der Waals surface area contributed by atoms with Gasteiger partial charge in [0.15, 0.2) is 11.2 Å². The second-order valence-corrected chi connectivity index (χ2v) is 15.2. The molecule has 0 unspecified atom stereocenters. The average Bonchev–Trinajstić information content (AvgIpc) is 3.90. The van der Waals surface area contributed by atoms with Crippen LogP contribution in [0.25, 0.3) is 98.8 Å². The topological polar surface area (TPSA) is 29.5 Å². The van der Waals surface area contributed by atoms with Crippen LogP contribution in [0.3, 0.4) is 0 Å². The maximum Gasteiger partial charge on any atom is 0.160 e. The fourth-order valence-electron chi connectivity index (χ4n) is 9.08. The lowest BCUT2D eigenvalue weighted by atomic mass is 9.96. The Morgan fingerprint density at radius 2 is 0.847 bits per heavy atom. The second kappa shape index (κ2) is 13.4. The van der Waals surface area contributed by atoms with Crippen molar-refractivity contribution in [1.82, 2.24) is 0 Å². The highest BCUT2D eigenvalue weighted by molar-refractivity contribution is 6.26. The molecule has 2 heterocycles. The number of fused-ring (bicyclic) bond motifs is 10. The summed E-state index contributed by atoms with van der Waals surface area (Å²) in [6.07, 6.45) is 0. The number of rotatable bonds is 6. The van der Waals surface area contributed by atoms with E-state index in [9.17, 15) is 0 Å². The van der Waals surface area contributed by atoms with Gasteiger partial charge >= 0.3 is 0 Å². The Bertz CT molecular complexity index is 3540. The van der Waals surface area contributed by atoms with Crippen LogP contribution in [0.4, 0.5) is 17.1 Å². The normalized spacial score (nSPS) is 11.7. The van der Waals surface area contributed by atoms with Crippen molar-refractivity contribution in [3.63, 3.8) is 0 Å². The summed E-state index contributed by atoms with van der Waals surface area (Å²) in [5.41, 5.74) is 13.0. The van der Waals surface area contributed by atoms with Crippen LogP contribution in [0.1, 0.15) is 0 Å². The number of hydrogen-bond acceptors (Lipinski definition) is 3. The van der Waals surface area contributed by atoms with E-state index in [1.165, 1.54) is 16.5 Å². The predicted molar refractivity (Wildman–Crippen MR) is 247 cm³/mol. The average molecular weight is 754 g/mol. The summed E-state index contributed by atoms with van der Waals surface area (Å²) in [5.74, 6) is 0. The maximum atomic E-state index is 7.26. The van der Waals surface area contributed by atoms with E-state index in [1.54, 1.807) is 0 Å². The Labute approximate surface area is 340 Å². The molecule has 0 atom stereocenters. The molecule has 0 amide bonds. The van der Waals surface area contributed by atoms with Crippen molar-refractivity contribution < 1.29 is 8.83 Å². The van der Waals surface area contributed by atoms with Crippen molar-refractivity contribution in [2.75, 3.05) is 4.90 Å². The van der Waals surface area contributed by atoms with Gasteiger partial charge in [-0.2, -0.15) is 0 Å². The first-order valence-corrected chi connectivity index (χ1v) is 20.1. The number of furan rings is 2. The Morgan fingerprint density at radius 1 is 0.305 bits per heavy atom. The van der Waals surface area contributed by atoms with E-state index in [0.29, 0.717) is 0 Å². The van der Waals surface area contributed by atoms with Crippen LogP contribution in [-0.4, -0.2) is 0 Å². The maximum absolute atomic E-state index is 7.26. The first kappa shape index (κ1) is 33.3. The number of hydrogen-bond donors (Lipinski definition) is 0. The highest BCUT2D eigenvalue weighted by atomic mass is 16.3. The Kier molecular flexibility index (Phi) is 7.54. The molecule has 12 aromatic rings. The van der Waals surface area contributed by atoms with Gasteiger partial charge in [-0.15, -0.1) is 0 Å². The fraction of sp³-hybridized carbons (Fsp3) is 0. The standard InChI is InChI=1S/C56H35NO2/c1-3-15-36(16-4-1)37-29-31-38(32-30-37)40-21-13-22-43(33-40)57(50-35-42-20-8-10-24-45(42)52-46-25-11-12-28-51(46)58-56(50)52)49-27-14-26-47-53-44-23-9-7-19-41(44)34-48(55(53)59-54(47)49)39-17-5-2-6-18-39/h1-35H. The van der Waals surface area contributed by atoms with Crippen molar-refractivity contribution >= 4 is 82.5 Å². The van der Waals surface area contributed by atoms with Crippen LogP contribution < -0.4 is 4.90 Å². The summed E-state index contributed by atoms with van der Waals surface area (Å²) in [7, 11) is 0. The summed E-state index contributed by atoms with van der Waals surface area (Å²) in [4.78, 5) is 2.34. The molecule has 10 aromatic carbocycles. The van der Waals surface area contributed by atoms with Crippen LogP contribution >= 0.6 is 0 Å². The fourth-order valence-corrected chi connectivity index (χ4v) is 9.08. The van der Waals surface area contributed by atoms with Gasteiger partial charge in [-0.05, 0) is 85.8 Å². The number of para-hydroxylation sites is 2. The third kappa shape index (κ3) is 5.36. The minimum atomic E-state index is 0.811. The van der Waals surface area contributed by atoms with Gasteiger partial charge in [-0.25, -0.2) is 0 Å². The smallest absolute Gasteiger partial charge is 0.160 e. The molecular formula is C56H35NO2. The monoisotopic (exact) mass is 753 g/mol. The molecule has 0 spiro atoms. The van der Waals surface area contributed by atoms with Gasteiger partial charge in [-0.1, -0.05) is 176 Å². The van der Waals surface area contributed by atoms with Gasteiger partial charge < -0.3 is 13.7 Å². The van der Waals surface area contributed by atoms with Crippen LogP contribution in [0.2, 0.25) is 0 Å². The molecule has 3 nitrogen and oxygen atoms in total. The largest absolute Gasteiger partial charge is 0.454 e. The lowest BCUT2D eigenvalue weighted by Gasteiger charge is -2.26. The summed E-state index contributed by atoms with van der Waals surface area (Å²) < 4.78 is 14.2. The van der Waals surface area contributed by atoms with Gasteiger partial charge in [0.1, 0.15) is 11.2 Å². The van der Waals surface area contributed by atoms with Crippen molar-refractivity contribution in [1.29, 1.82) is 0 Å². The van der Waals surface area contributed by atoms with Gasteiger partial charge in [0.05, 0.1) is 11.4 Å². The predicted octanol–water partition coefficient (Wildman–Crippen LogP) is 16.3. The zero-order valence-corrected chi connectivity index (χ0v) is 32.0. The molecule has 12 rings (SSSR count). The highest BCUT2D eigenvalue weighted by Crippen LogP contribution is 2.50. The Hall–Kier alpha value is -7.88. The van der Waals surface area contributed by atoms with Gasteiger partial charge in [0.25, 0.3) is 0 Å². The van der Waals surface area contributed by atoms with Gasteiger partial charge in [-0.3, -0.25) is 0 Å². The van der Waals surface area contributed by atoms with Crippen LogP contribution in [-0.2, 0) is 0 Å². The Morgan fingerprint density at radius 3 is 1.59 bits per heavy atom. The SMILES string of the molecule is c1ccc(-c2ccc(-c3cccc(N(c4cccc5c4oc4c(-c6ccccc6)cc6ccccc6c45)c4cc5ccccc5c5c4oc4ccccc45)c3)cc2)cc1. The molecule has 0 N–H and O–H groups in total. The highest BCUT2D eigenvalue weighted by Gasteiger charge is 2.26. The van der Waals surface area contributed by atoms with Crippen molar-refractivity contribution in [2.45, 2.75) is 0 Å². The van der Waals surface area contributed by atoms with Crippen molar-refractivity contribution in [3.05, 3.63) is 212 Å². The zero-order valence-electron chi connectivity index (χ0n) is 32.0. The van der Waals surface area contributed by atoms with E-state index >= 15 is 0 Å².